The number of hydrogen-bond acceptors (Lipinski definition) is 4. The van der Waals surface area contributed by atoms with Crippen LogP contribution in [0.3, 0.4) is 0 Å². The lowest BCUT2D eigenvalue weighted by Gasteiger charge is -2.16. The molecule has 0 saturated heterocycles. The summed E-state index contributed by atoms with van der Waals surface area (Å²) in [4.78, 5) is 28.6. The summed E-state index contributed by atoms with van der Waals surface area (Å²) in [5, 5.41) is -0.213. The predicted octanol–water partition coefficient (Wildman–Crippen LogP) is 6.61. The van der Waals surface area contributed by atoms with Crippen molar-refractivity contribution in [3.8, 4) is 5.75 Å². The smallest absolute Gasteiger partial charge is 0.416 e. The van der Waals surface area contributed by atoms with E-state index >= 15 is 0 Å². The highest BCUT2D eigenvalue weighted by atomic mass is 79.9. The minimum Gasteiger partial charge on any atom is -0.487 e. The zero-order valence-corrected chi connectivity index (χ0v) is 20.3. The lowest BCUT2D eigenvalue weighted by molar-refractivity contribution is -0.143. The van der Waals surface area contributed by atoms with E-state index in [1.54, 1.807) is 0 Å². The first-order valence-electron chi connectivity index (χ1n) is 9.14. The van der Waals surface area contributed by atoms with E-state index in [1.165, 1.54) is 0 Å². The first-order chi connectivity index (χ1) is 16.2. The van der Waals surface area contributed by atoms with Crippen LogP contribution in [0.4, 0.5) is 35.1 Å². The fourth-order valence-electron chi connectivity index (χ4n) is 2.98. The molecule has 0 spiro atoms. The summed E-state index contributed by atoms with van der Waals surface area (Å²) in [6.07, 6.45) is -10.3. The molecular formula is C19H11BrF8NO5PS. The molecule has 2 aromatic carbocycles. The summed E-state index contributed by atoms with van der Waals surface area (Å²) >= 11 is 2.91. The number of carbonyl (C=O) groups is 1. The van der Waals surface area contributed by atoms with Crippen LogP contribution in [-0.2, 0) is 29.2 Å². The molecule has 6 nitrogen and oxygen atoms in total. The number of rotatable bonds is 6. The maximum absolute atomic E-state index is 14.4. The van der Waals surface area contributed by atoms with Crippen molar-refractivity contribution in [2.75, 3.05) is 0 Å². The average molecular weight is 628 g/mol. The Labute approximate surface area is 207 Å². The fourth-order valence-corrected chi connectivity index (χ4v) is 5.95. The number of alkyl halides is 8. The molecule has 4 N–H and O–H groups in total. The van der Waals surface area contributed by atoms with Gasteiger partial charge in [0.05, 0.1) is 15.8 Å². The summed E-state index contributed by atoms with van der Waals surface area (Å²) < 4.78 is 123. The minimum atomic E-state index is -6.02. The van der Waals surface area contributed by atoms with Gasteiger partial charge in [-0.05, 0) is 51.8 Å². The fraction of sp³-hybridized carbons (Fsp3) is 0.211. The molecule has 0 aliphatic carbocycles. The van der Waals surface area contributed by atoms with Gasteiger partial charge in [-0.1, -0.05) is 0 Å². The number of amides is 1. The number of fused-ring (bicyclic) bond motifs is 1. The Morgan fingerprint density at radius 1 is 0.972 bits per heavy atom. The van der Waals surface area contributed by atoms with Gasteiger partial charge in [0.2, 0.25) is 5.91 Å². The molecule has 0 unspecified atom stereocenters. The van der Waals surface area contributed by atoms with E-state index in [9.17, 15) is 44.5 Å². The predicted molar refractivity (Wildman–Crippen MR) is 115 cm³/mol. The van der Waals surface area contributed by atoms with Gasteiger partial charge in [-0.25, -0.2) is 0 Å². The molecule has 0 saturated carbocycles. The Bertz CT molecular complexity index is 1370. The Morgan fingerprint density at radius 2 is 1.50 bits per heavy atom. The van der Waals surface area contributed by atoms with E-state index in [0.717, 1.165) is 12.1 Å². The molecule has 0 fully saturated rings. The molecule has 36 heavy (non-hydrogen) atoms. The summed E-state index contributed by atoms with van der Waals surface area (Å²) in [6.45, 7) is -0.927. The van der Waals surface area contributed by atoms with Gasteiger partial charge in [-0.3, -0.25) is 9.36 Å². The van der Waals surface area contributed by atoms with Crippen molar-refractivity contribution in [2.24, 2.45) is 5.73 Å². The van der Waals surface area contributed by atoms with Crippen molar-refractivity contribution in [3.05, 3.63) is 61.9 Å². The maximum atomic E-state index is 14.4. The third-order valence-electron chi connectivity index (χ3n) is 4.66. The Morgan fingerprint density at radius 3 is 1.94 bits per heavy atom. The quantitative estimate of drug-likeness (QED) is 0.211. The molecule has 1 aromatic heterocycles. The normalized spacial score (nSPS) is 13.3. The van der Waals surface area contributed by atoms with E-state index in [4.69, 9.17) is 20.3 Å². The zero-order chi connectivity index (χ0) is 27.4. The average Bonchev–Trinajstić information content (AvgIpc) is 3.07. The number of carbonyl (C=O) groups excluding carboxylic acids is 1. The van der Waals surface area contributed by atoms with Gasteiger partial charge in [0, 0.05) is 15.4 Å². The molecule has 3 aromatic rings. The number of primary amides is 1. The molecule has 3 rings (SSSR count). The van der Waals surface area contributed by atoms with Gasteiger partial charge in [-0.2, -0.15) is 35.1 Å². The second-order valence-electron chi connectivity index (χ2n) is 7.25. The van der Waals surface area contributed by atoms with E-state index in [2.05, 4.69) is 15.9 Å². The molecule has 196 valence electrons. The van der Waals surface area contributed by atoms with Gasteiger partial charge < -0.3 is 20.3 Å². The van der Waals surface area contributed by atoms with Crippen LogP contribution in [0, 0.1) is 0 Å². The van der Waals surface area contributed by atoms with Crippen LogP contribution in [0.1, 0.15) is 31.9 Å². The number of hydrogen-bond donors (Lipinski definition) is 3. The molecule has 17 heteroatoms. The lowest BCUT2D eigenvalue weighted by atomic mass is 10.1. The Hall–Kier alpha value is -2.26. The third-order valence-corrected chi connectivity index (χ3v) is 8.14. The molecule has 1 heterocycles. The lowest BCUT2D eigenvalue weighted by Crippen LogP contribution is -2.13. The van der Waals surface area contributed by atoms with Crippen LogP contribution in [0.25, 0.3) is 10.1 Å². The van der Waals surface area contributed by atoms with Crippen LogP contribution in [-0.4, -0.2) is 15.7 Å². The van der Waals surface area contributed by atoms with Crippen molar-refractivity contribution in [1.29, 1.82) is 0 Å². The van der Waals surface area contributed by atoms with Crippen molar-refractivity contribution in [2.45, 2.75) is 24.6 Å². The SMILES string of the molecule is NC(=O)c1cc(OCc2cc(C(F)(F)F)cc(C(F)(F)F)c2)c2sc(C(F)(F)P(=O)(O)O)c(Br)c2c1. The van der Waals surface area contributed by atoms with Gasteiger partial charge in [0.25, 0.3) is 0 Å². The zero-order valence-electron chi connectivity index (χ0n) is 17.0. The van der Waals surface area contributed by atoms with E-state index < -0.39 is 69.9 Å². The monoisotopic (exact) mass is 627 g/mol. The second kappa shape index (κ2) is 9.24. The van der Waals surface area contributed by atoms with E-state index in [1.807, 2.05) is 0 Å². The molecule has 1 amide bonds. The molecule has 0 atom stereocenters. The summed E-state index contributed by atoms with van der Waals surface area (Å²) in [7, 11) is -6.02. The highest BCUT2D eigenvalue weighted by Crippen LogP contribution is 2.63. The highest BCUT2D eigenvalue weighted by molar-refractivity contribution is 9.10. The van der Waals surface area contributed by atoms with Gasteiger partial charge in [0.1, 0.15) is 17.2 Å². The van der Waals surface area contributed by atoms with Crippen LogP contribution in [0.5, 0.6) is 5.75 Å². The Kier molecular flexibility index (Phi) is 7.27. The number of ether oxygens (including phenoxy) is 1. The van der Waals surface area contributed by atoms with Crippen LogP contribution in [0.15, 0.2) is 34.8 Å². The molecule has 0 radical (unpaired) electrons. The van der Waals surface area contributed by atoms with Crippen LogP contribution in [0.2, 0.25) is 0 Å². The first-order valence-corrected chi connectivity index (χ1v) is 12.4. The summed E-state index contributed by atoms with van der Waals surface area (Å²) in [6, 6.07) is 2.59. The molecular weight excluding hydrogens is 617 g/mol. The standard InChI is InChI=1S/C19H11BrF8NO5PS/c20-13-11-3-8(16(29)30)4-12(14(11)36-15(13)19(27,28)35(31,32)33)34-6-7-1-9(17(21,22)23)5-10(2-7)18(24,25)26/h1-5H,6H2,(H2,29,30)(H2,31,32,33). The number of benzene rings is 2. The molecule has 0 bridgehead atoms. The maximum Gasteiger partial charge on any atom is 0.416 e. The summed E-state index contributed by atoms with van der Waals surface area (Å²) in [5.41, 5.74) is -3.65. The number of halogens is 9. The van der Waals surface area contributed by atoms with Gasteiger partial charge in [-0.15, -0.1) is 11.3 Å². The molecule has 0 aliphatic heterocycles. The molecule has 0 aliphatic rings. The second-order valence-corrected chi connectivity index (χ2v) is 10.7. The topological polar surface area (TPSA) is 110 Å². The van der Waals surface area contributed by atoms with Crippen molar-refractivity contribution >= 4 is 50.9 Å². The van der Waals surface area contributed by atoms with Gasteiger partial charge in [0.15, 0.2) is 0 Å². The van der Waals surface area contributed by atoms with Gasteiger partial charge >= 0.3 is 25.6 Å². The van der Waals surface area contributed by atoms with Crippen molar-refractivity contribution in [1.82, 2.24) is 0 Å². The first kappa shape index (κ1) is 28.3. The Balaban J connectivity index is 2.14. The van der Waals surface area contributed by atoms with Crippen LogP contribution >= 0.6 is 34.9 Å². The largest absolute Gasteiger partial charge is 0.487 e. The van der Waals surface area contributed by atoms with Crippen LogP contribution < -0.4 is 10.5 Å². The highest BCUT2D eigenvalue weighted by Gasteiger charge is 2.53. The van der Waals surface area contributed by atoms with Crippen molar-refractivity contribution in [3.63, 3.8) is 0 Å². The number of thiophene rings is 1. The number of nitrogens with two attached hydrogens (primary N) is 1. The van der Waals surface area contributed by atoms with E-state index in [0.29, 0.717) is 12.1 Å². The summed E-state index contributed by atoms with van der Waals surface area (Å²) in [5.74, 6) is -1.55. The van der Waals surface area contributed by atoms with E-state index in [-0.39, 0.29) is 33.1 Å². The minimum absolute atomic E-state index is 0.0950. The third kappa shape index (κ3) is 5.52. The van der Waals surface area contributed by atoms with Crippen molar-refractivity contribution < 1.29 is 59.0 Å².